The smallest absolute Gasteiger partial charge is 0.358 e. The average Bonchev–Trinajstić information content (AvgIpc) is 2.99. The highest BCUT2D eigenvalue weighted by molar-refractivity contribution is 6.32. The monoisotopic (exact) mass is 357 g/mol. The van der Waals surface area contributed by atoms with Crippen LogP contribution in [0.1, 0.15) is 17.7 Å². The van der Waals surface area contributed by atoms with E-state index in [1.54, 1.807) is 6.92 Å². The summed E-state index contributed by atoms with van der Waals surface area (Å²) in [6.07, 6.45) is 2.37. The van der Waals surface area contributed by atoms with Crippen molar-refractivity contribution in [2.45, 2.75) is 19.9 Å². The average molecular weight is 358 g/mol. The van der Waals surface area contributed by atoms with Gasteiger partial charge in [-0.05, 0) is 11.8 Å². The van der Waals surface area contributed by atoms with Crippen LogP contribution in [0.2, 0.25) is 5.02 Å². The number of amides is 1. The molecule has 0 saturated heterocycles. The summed E-state index contributed by atoms with van der Waals surface area (Å²) in [5.41, 5.74) is 2.84. The van der Waals surface area contributed by atoms with Crippen LogP contribution in [-0.4, -0.2) is 36.6 Å². The molecule has 0 saturated carbocycles. The highest BCUT2D eigenvalue weighted by Gasteiger charge is 2.19. The number of nitrogens with one attached hydrogen (secondary N) is 1. The van der Waals surface area contributed by atoms with Gasteiger partial charge in [0.1, 0.15) is 0 Å². The number of nitro groups is 1. The minimum atomic E-state index is -0.714. The van der Waals surface area contributed by atoms with E-state index in [0.717, 1.165) is 10.9 Å². The number of aromatic nitrogens is 4. The van der Waals surface area contributed by atoms with Gasteiger partial charge >= 0.3 is 5.82 Å². The Hall–Kier alpha value is -2.82. The van der Waals surface area contributed by atoms with Gasteiger partial charge in [0.05, 0.1) is 35.3 Å². The van der Waals surface area contributed by atoms with E-state index in [1.807, 2.05) is 0 Å². The largest absolute Gasteiger partial charge is 0.408 e. The fourth-order valence-corrected chi connectivity index (χ4v) is 2.08. The van der Waals surface area contributed by atoms with Crippen molar-refractivity contribution in [1.29, 1.82) is 0 Å². The Bertz CT molecular complexity index is 814. The second-order valence-corrected chi connectivity index (χ2v) is 5.18. The molecule has 2 heterocycles. The lowest BCUT2D eigenvalue weighted by molar-refractivity contribution is -0.389. The number of halogens is 2. The lowest BCUT2D eigenvalue weighted by atomic mass is 10.3. The third kappa shape index (κ3) is 3.93. The van der Waals surface area contributed by atoms with Crippen LogP contribution in [-0.2, 0) is 18.4 Å². The molecule has 0 aliphatic rings. The first-order valence-electron chi connectivity index (χ1n) is 6.68. The number of hydrogen-bond acceptors (Lipinski definition) is 6. The van der Waals surface area contributed by atoms with Crippen molar-refractivity contribution in [2.24, 2.45) is 12.1 Å². The van der Waals surface area contributed by atoms with Crippen molar-refractivity contribution in [2.75, 3.05) is 0 Å². The molecule has 0 aromatic carbocycles. The van der Waals surface area contributed by atoms with Crippen LogP contribution in [0.4, 0.5) is 10.2 Å². The summed E-state index contributed by atoms with van der Waals surface area (Å²) in [7, 11) is 1.45. The van der Waals surface area contributed by atoms with Gasteiger partial charge in [0, 0.05) is 13.5 Å². The first-order chi connectivity index (χ1) is 11.3. The number of nitrogens with zero attached hydrogens (tertiary/aromatic N) is 6. The van der Waals surface area contributed by atoms with E-state index in [9.17, 15) is 19.3 Å². The number of carbonyl (C=O) groups excluding carboxylic acids is 1. The summed E-state index contributed by atoms with van der Waals surface area (Å²) in [5, 5.41) is 21.7. The highest BCUT2D eigenvalue weighted by atomic mass is 35.5. The molecule has 0 spiro atoms. The van der Waals surface area contributed by atoms with E-state index < -0.39 is 22.6 Å². The number of rotatable bonds is 6. The van der Waals surface area contributed by atoms with Crippen molar-refractivity contribution in [3.8, 4) is 0 Å². The van der Waals surface area contributed by atoms with E-state index >= 15 is 0 Å². The topological polar surface area (TPSA) is 120 Å². The standard InChI is InChI=1S/C12H13ClFN7O3/c1-7-8(11(14)19(2)17-7)5-15-16-10(22)3-4-20-6-9(13)12(18-20)21(23)24/h5-6H,3-4H2,1-2H3,(H,16,22). The Kier molecular flexibility index (Phi) is 5.24. The first-order valence-corrected chi connectivity index (χ1v) is 7.05. The lowest BCUT2D eigenvalue weighted by Crippen LogP contribution is -2.19. The SMILES string of the molecule is Cc1nn(C)c(F)c1C=NNC(=O)CCn1cc(Cl)c([N+](=O)[O-])n1. The van der Waals surface area contributed by atoms with E-state index in [2.05, 4.69) is 20.7 Å². The van der Waals surface area contributed by atoms with E-state index in [0.29, 0.717) is 5.69 Å². The Labute approximate surface area is 140 Å². The number of aryl methyl sites for hydroxylation is 3. The number of hydrazone groups is 1. The van der Waals surface area contributed by atoms with Gasteiger partial charge in [-0.25, -0.2) is 10.1 Å². The van der Waals surface area contributed by atoms with Gasteiger partial charge in [-0.2, -0.15) is 19.3 Å². The van der Waals surface area contributed by atoms with Gasteiger partial charge in [-0.1, -0.05) is 11.6 Å². The van der Waals surface area contributed by atoms with Crippen molar-refractivity contribution in [3.63, 3.8) is 0 Å². The zero-order valence-corrected chi connectivity index (χ0v) is 13.5. The Balaban J connectivity index is 1.89. The van der Waals surface area contributed by atoms with Gasteiger partial charge in [0.15, 0.2) is 5.02 Å². The summed E-state index contributed by atoms with van der Waals surface area (Å²) in [6.45, 7) is 1.69. The van der Waals surface area contributed by atoms with Gasteiger partial charge in [-0.15, -0.1) is 0 Å². The second kappa shape index (κ2) is 7.17. The van der Waals surface area contributed by atoms with Gasteiger partial charge in [0.2, 0.25) is 11.9 Å². The number of hydrogen-bond donors (Lipinski definition) is 1. The molecule has 0 bridgehead atoms. The Morgan fingerprint density at radius 1 is 1.58 bits per heavy atom. The summed E-state index contributed by atoms with van der Waals surface area (Å²) in [4.78, 5) is 21.6. The molecule has 2 rings (SSSR count). The van der Waals surface area contributed by atoms with Gasteiger partial charge in [0.25, 0.3) is 0 Å². The molecule has 0 aliphatic carbocycles. The molecule has 0 fully saturated rings. The van der Waals surface area contributed by atoms with Crippen LogP contribution < -0.4 is 5.43 Å². The lowest BCUT2D eigenvalue weighted by Gasteiger charge is -1.98. The molecule has 1 N–H and O–H groups in total. The molecule has 2 aromatic rings. The highest BCUT2D eigenvalue weighted by Crippen LogP contribution is 2.21. The molecular formula is C12H13ClFN7O3. The predicted molar refractivity (Wildman–Crippen MR) is 82.1 cm³/mol. The minimum absolute atomic E-state index is 0.0407. The Morgan fingerprint density at radius 3 is 2.83 bits per heavy atom. The molecular weight excluding hydrogens is 345 g/mol. The molecule has 24 heavy (non-hydrogen) atoms. The van der Waals surface area contributed by atoms with Crippen LogP contribution >= 0.6 is 11.6 Å². The van der Waals surface area contributed by atoms with Crippen molar-refractivity contribution >= 4 is 29.5 Å². The zero-order valence-electron chi connectivity index (χ0n) is 12.7. The zero-order chi connectivity index (χ0) is 17.9. The molecule has 12 heteroatoms. The molecule has 0 aliphatic heterocycles. The van der Waals surface area contributed by atoms with Crippen LogP contribution in [0.3, 0.4) is 0 Å². The normalized spacial score (nSPS) is 11.2. The molecule has 10 nitrogen and oxygen atoms in total. The van der Waals surface area contributed by atoms with Crippen molar-refractivity contribution < 1.29 is 14.1 Å². The van der Waals surface area contributed by atoms with Crippen LogP contribution in [0.25, 0.3) is 0 Å². The summed E-state index contributed by atoms with van der Waals surface area (Å²) >= 11 is 5.65. The van der Waals surface area contributed by atoms with Crippen molar-refractivity contribution in [1.82, 2.24) is 25.0 Å². The molecule has 0 unspecified atom stereocenters. The van der Waals surface area contributed by atoms with Crippen LogP contribution in [0.15, 0.2) is 11.3 Å². The fourth-order valence-electron chi connectivity index (χ4n) is 1.86. The minimum Gasteiger partial charge on any atom is -0.358 e. The summed E-state index contributed by atoms with van der Waals surface area (Å²) < 4.78 is 15.9. The molecule has 1 amide bonds. The molecule has 0 radical (unpaired) electrons. The van der Waals surface area contributed by atoms with E-state index in [-0.39, 0.29) is 23.6 Å². The summed E-state index contributed by atoms with van der Waals surface area (Å²) in [5.74, 6) is -1.51. The molecule has 128 valence electrons. The third-order valence-corrected chi connectivity index (χ3v) is 3.29. The number of carbonyl (C=O) groups is 1. The maximum Gasteiger partial charge on any atom is 0.408 e. The van der Waals surface area contributed by atoms with Gasteiger partial charge in [-0.3, -0.25) is 4.79 Å². The van der Waals surface area contributed by atoms with Crippen LogP contribution in [0, 0.1) is 23.0 Å². The predicted octanol–water partition coefficient (Wildman–Crippen LogP) is 1.17. The van der Waals surface area contributed by atoms with Gasteiger partial charge < -0.3 is 10.1 Å². The van der Waals surface area contributed by atoms with Crippen molar-refractivity contribution in [3.05, 3.63) is 38.5 Å². The maximum atomic E-state index is 13.6. The third-order valence-electron chi connectivity index (χ3n) is 3.02. The van der Waals surface area contributed by atoms with E-state index in [1.165, 1.54) is 17.9 Å². The molecule has 0 atom stereocenters. The second-order valence-electron chi connectivity index (χ2n) is 4.78. The fraction of sp³-hybridized carbons (Fsp3) is 0.333. The summed E-state index contributed by atoms with van der Waals surface area (Å²) in [6, 6.07) is 0. The Morgan fingerprint density at radius 2 is 2.29 bits per heavy atom. The first kappa shape index (κ1) is 17.5. The van der Waals surface area contributed by atoms with E-state index in [4.69, 9.17) is 11.6 Å². The quantitative estimate of drug-likeness (QED) is 0.472. The maximum absolute atomic E-state index is 13.6. The molecule has 2 aromatic heterocycles. The van der Waals surface area contributed by atoms with Crippen LogP contribution in [0.5, 0.6) is 0 Å².